The van der Waals surface area contributed by atoms with Crippen LogP contribution in [-0.2, 0) is 22.4 Å². The van der Waals surface area contributed by atoms with Crippen LogP contribution in [0.2, 0.25) is 0 Å². The molecule has 38 heavy (non-hydrogen) atoms. The minimum absolute atomic E-state index is 0.0162. The van der Waals surface area contributed by atoms with E-state index < -0.39 is 18.2 Å². The van der Waals surface area contributed by atoms with Gasteiger partial charge >= 0.3 is 5.97 Å². The standard InChI is InChI=1S/C26H41FN8O3/c1-17(28)23-22(29)25(32-16-31-23)34-21(26(36)37)10-13-35(14-19(27)15-38-2)12-4-3-7-20-9-8-18-6-5-11-30-24(18)33-20/h8-9,19,21,29,31H,3-7,10-16,28H2,1-2H3,(H,30,33)(H,32,34)(H,36,37)/t19-,21?/m0/s1. The molecule has 0 saturated heterocycles. The summed E-state index contributed by atoms with van der Waals surface area (Å²) in [5.41, 5.74) is 9.00. The highest BCUT2D eigenvalue weighted by Gasteiger charge is 2.26. The number of anilines is 1. The Kier molecular flexibility index (Phi) is 11.3. The maximum Gasteiger partial charge on any atom is 0.326 e. The molecule has 0 spiro atoms. The first-order valence-corrected chi connectivity index (χ1v) is 13.2. The molecule has 3 heterocycles. The van der Waals surface area contributed by atoms with Crippen LogP contribution in [0.1, 0.15) is 43.9 Å². The number of carboxylic acid groups (broad SMARTS) is 1. The number of aliphatic carboxylic acids is 1. The molecule has 1 aromatic heterocycles. The van der Waals surface area contributed by atoms with Gasteiger partial charge in [-0.1, -0.05) is 6.07 Å². The van der Waals surface area contributed by atoms with Crippen molar-refractivity contribution in [2.24, 2.45) is 10.7 Å². The number of pyridine rings is 1. The van der Waals surface area contributed by atoms with E-state index in [0.29, 0.717) is 24.5 Å². The van der Waals surface area contributed by atoms with Crippen molar-refractivity contribution in [3.63, 3.8) is 0 Å². The number of rotatable bonds is 14. The summed E-state index contributed by atoms with van der Waals surface area (Å²) in [6.07, 6.45) is 3.76. The third-order valence-corrected chi connectivity index (χ3v) is 6.63. The van der Waals surface area contributed by atoms with Crippen molar-refractivity contribution >= 4 is 23.3 Å². The Morgan fingerprint density at radius 1 is 1.34 bits per heavy atom. The van der Waals surface area contributed by atoms with E-state index in [1.807, 2.05) is 4.90 Å². The second-order valence-corrected chi connectivity index (χ2v) is 9.75. The third kappa shape index (κ3) is 8.66. The van der Waals surface area contributed by atoms with Gasteiger partial charge in [0.05, 0.1) is 12.3 Å². The van der Waals surface area contributed by atoms with Crippen LogP contribution < -0.4 is 21.7 Å². The number of alkyl halides is 1. The van der Waals surface area contributed by atoms with Gasteiger partial charge in [0.15, 0.2) is 5.84 Å². The molecular formula is C26H41FN8O3. The number of carboxylic acids is 1. The fraction of sp³-hybridized carbons (Fsp3) is 0.615. The highest BCUT2D eigenvalue weighted by molar-refractivity contribution is 6.46. The van der Waals surface area contributed by atoms with Crippen LogP contribution in [0.25, 0.3) is 0 Å². The van der Waals surface area contributed by atoms with E-state index in [1.54, 1.807) is 6.92 Å². The Hall–Kier alpha value is -3.25. The van der Waals surface area contributed by atoms with Gasteiger partial charge in [0.25, 0.3) is 0 Å². The smallest absolute Gasteiger partial charge is 0.326 e. The van der Waals surface area contributed by atoms with Crippen LogP contribution in [-0.4, -0.2) is 91.3 Å². The lowest BCUT2D eigenvalue weighted by molar-refractivity contribution is -0.139. The second-order valence-electron chi connectivity index (χ2n) is 9.75. The molecule has 0 amide bonds. The molecule has 0 aliphatic carbocycles. The highest BCUT2D eigenvalue weighted by atomic mass is 19.1. The number of nitrogens with one attached hydrogen (secondary N) is 4. The molecule has 0 aromatic carbocycles. The number of aryl methyl sites for hydroxylation is 2. The average Bonchev–Trinajstić information content (AvgIpc) is 2.89. The molecule has 11 nitrogen and oxygen atoms in total. The fourth-order valence-corrected chi connectivity index (χ4v) is 4.63. The monoisotopic (exact) mass is 532 g/mol. The Bertz CT molecular complexity index is 1030. The van der Waals surface area contributed by atoms with Crippen LogP contribution in [0.5, 0.6) is 0 Å². The Labute approximate surface area is 223 Å². The first kappa shape index (κ1) is 29.3. The van der Waals surface area contributed by atoms with Gasteiger partial charge in [-0.3, -0.25) is 5.41 Å². The number of hydrogen-bond donors (Lipinski definition) is 6. The summed E-state index contributed by atoms with van der Waals surface area (Å²) in [7, 11) is 1.46. The summed E-state index contributed by atoms with van der Waals surface area (Å²) >= 11 is 0. The predicted molar refractivity (Wildman–Crippen MR) is 146 cm³/mol. The van der Waals surface area contributed by atoms with Crippen molar-refractivity contribution in [2.45, 2.75) is 57.7 Å². The van der Waals surface area contributed by atoms with E-state index in [4.69, 9.17) is 20.9 Å². The van der Waals surface area contributed by atoms with E-state index in [-0.39, 0.29) is 37.8 Å². The van der Waals surface area contributed by atoms with Gasteiger partial charge in [0.2, 0.25) is 0 Å². The molecule has 3 rings (SSSR count). The number of nitrogens with zero attached hydrogens (tertiary/aromatic N) is 3. The number of methoxy groups -OCH3 is 1. The number of aliphatic imine (C=N–C) groups is 1. The van der Waals surface area contributed by atoms with Gasteiger partial charge in [0.1, 0.15) is 30.4 Å². The van der Waals surface area contributed by atoms with E-state index in [2.05, 4.69) is 33.1 Å². The van der Waals surface area contributed by atoms with E-state index in [0.717, 1.165) is 50.2 Å². The normalized spacial score (nSPS) is 18.1. The van der Waals surface area contributed by atoms with Crippen LogP contribution in [0.4, 0.5) is 10.2 Å². The van der Waals surface area contributed by atoms with Crippen LogP contribution >= 0.6 is 0 Å². The van der Waals surface area contributed by atoms with Gasteiger partial charge in [-0.25, -0.2) is 19.2 Å². The molecule has 0 radical (unpaired) electrons. The Balaban J connectivity index is 1.54. The molecule has 1 unspecified atom stereocenters. The summed E-state index contributed by atoms with van der Waals surface area (Å²) in [5, 5.41) is 27.3. The van der Waals surface area contributed by atoms with E-state index >= 15 is 0 Å². The largest absolute Gasteiger partial charge is 0.480 e. The quantitative estimate of drug-likeness (QED) is 0.196. The number of unbranched alkanes of at least 4 members (excludes halogenated alkanes) is 1. The van der Waals surface area contributed by atoms with Crippen molar-refractivity contribution in [3.8, 4) is 0 Å². The van der Waals surface area contributed by atoms with Crippen molar-refractivity contribution in [2.75, 3.05) is 51.9 Å². The number of aromatic nitrogens is 1. The first-order chi connectivity index (χ1) is 18.3. The van der Waals surface area contributed by atoms with Crippen molar-refractivity contribution in [1.29, 1.82) is 5.41 Å². The number of amidine groups is 1. The zero-order chi connectivity index (χ0) is 27.5. The summed E-state index contributed by atoms with van der Waals surface area (Å²) in [6.45, 7) is 3.94. The number of fused-ring (bicyclic) bond motifs is 1. The number of hydrogen-bond acceptors (Lipinski definition) is 10. The SMILES string of the molecule is COC[C@@H](F)CN(CCCCc1ccc2c(n1)NCCC2)CCC(NC1=NCNC(=C(C)N)C1=N)C(=O)O. The Morgan fingerprint density at radius 3 is 2.89 bits per heavy atom. The van der Waals surface area contributed by atoms with Crippen LogP contribution in [0.15, 0.2) is 28.5 Å². The zero-order valence-electron chi connectivity index (χ0n) is 22.4. The molecule has 12 heteroatoms. The maximum atomic E-state index is 14.4. The first-order valence-electron chi connectivity index (χ1n) is 13.2. The average molecular weight is 533 g/mol. The molecular weight excluding hydrogens is 491 g/mol. The zero-order valence-corrected chi connectivity index (χ0v) is 22.4. The minimum atomic E-state index is -1.17. The summed E-state index contributed by atoms with van der Waals surface area (Å²) < 4.78 is 19.4. The molecule has 2 aliphatic rings. The number of ether oxygens (including phenoxy) is 1. The van der Waals surface area contributed by atoms with Crippen molar-refractivity contribution in [3.05, 3.63) is 34.8 Å². The predicted octanol–water partition coefficient (Wildman–Crippen LogP) is 1.65. The molecule has 1 aromatic rings. The second kappa shape index (κ2) is 14.6. The van der Waals surface area contributed by atoms with Crippen LogP contribution in [0.3, 0.4) is 0 Å². The number of halogens is 1. The van der Waals surface area contributed by atoms with Gasteiger partial charge in [-0.2, -0.15) is 0 Å². The molecule has 0 saturated carbocycles. The van der Waals surface area contributed by atoms with Gasteiger partial charge in [-0.05, 0) is 63.6 Å². The van der Waals surface area contributed by atoms with E-state index in [1.165, 1.54) is 12.7 Å². The molecule has 2 aliphatic heterocycles. The topological polar surface area (TPSA) is 161 Å². The van der Waals surface area contributed by atoms with Crippen molar-refractivity contribution in [1.82, 2.24) is 20.5 Å². The summed E-state index contributed by atoms with van der Waals surface area (Å²) in [6, 6.07) is 3.24. The lowest BCUT2D eigenvalue weighted by atomic mass is 10.1. The number of allylic oxidation sites excluding steroid dienone is 1. The van der Waals surface area contributed by atoms with Gasteiger partial charge < -0.3 is 36.4 Å². The van der Waals surface area contributed by atoms with E-state index in [9.17, 15) is 14.3 Å². The lowest BCUT2D eigenvalue weighted by Gasteiger charge is -2.27. The minimum Gasteiger partial charge on any atom is -0.480 e. The lowest BCUT2D eigenvalue weighted by Crippen LogP contribution is -2.49. The molecule has 2 atom stereocenters. The van der Waals surface area contributed by atoms with Crippen molar-refractivity contribution < 1.29 is 19.0 Å². The van der Waals surface area contributed by atoms with Gasteiger partial charge in [0, 0.05) is 38.1 Å². The maximum absolute atomic E-state index is 14.4. The molecule has 0 bridgehead atoms. The van der Waals surface area contributed by atoms with Crippen LogP contribution in [0, 0.1) is 5.41 Å². The highest BCUT2D eigenvalue weighted by Crippen LogP contribution is 2.20. The number of nitrogens with two attached hydrogens (primary N) is 1. The molecule has 7 N–H and O–H groups in total. The van der Waals surface area contributed by atoms with Gasteiger partial charge in [-0.15, -0.1) is 0 Å². The third-order valence-electron chi connectivity index (χ3n) is 6.63. The number of carbonyl (C=O) groups is 1. The molecule has 210 valence electrons. The Morgan fingerprint density at radius 2 is 2.16 bits per heavy atom. The molecule has 0 fully saturated rings. The summed E-state index contributed by atoms with van der Waals surface area (Å²) in [4.78, 5) is 22.9. The summed E-state index contributed by atoms with van der Waals surface area (Å²) in [5.74, 6) is 0.102. The fourth-order valence-electron chi connectivity index (χ4n) is 4.63.